The van der Waals surface area contributed by atoms with E-state index in [1.54, 1.807) is 7.11 Å². The first kappa shape index (κ1) is 20.8. The highest BCUT2D eigenvalue weighted by atomic mass is 16.5. The van der Waals surface area contributed by atoms with E-state index in [9.17, 15) is 4.79 Å². The summed E-state index contributed by atoms with van der Waals surface area (Å²) in [4.78, 5) is 12.9. The van der Waals surface area contributed by atoms with Crippen LogP contribution in [0.25, 0.3) is 0 Å². The Bertz CT molecular complexity index is 707. The molecule has 0 saturated carbocycles. The van der Waals surface area contributed by atoms with Gasteiger partial charge >= 0.3 is 0 Å². The summed E-state index contributed by atoms with van der Waals surface area (Å²) < 4.78 is 11.2. The molecule has 1 N–H and O–H groups in total. The van der Waals surface area contributed by atoms with Crippen LogP contribution < -0.4 is 14.8 Å². The van der Waals surface area contributed by atoms with Crippen molar-refractivity contribution in [2.45, 2.75) is 52.7 Å². The lowest BCUT2D eigenvalue weighted by atomic mass is 9.96. The molecule has 0 radical (unpaired) electrons. The molecular weight excluding hydrogens is 338 g/mol. The topological polar surface area (TPSA) is 47.6 Å². The number of hydrogen-bond acceptors (Lipinski definition) is 3. The van der Waals surface area contributed by atoms with Crippen molar-refractivity contribution in [2.75, 3.05) is 7.11 Å². The first-order valence-electron chi connectivity index (χ1n) is 9.60. The minimum atomic E-state index is -0.513. The lowest BCUT2D eigenvalue weighted by molar-refractivity contribution is -0.129. The van der Waals surface area contributed by atoms with E-state index < -0.39 is 6.10 Å². The third-order valence-electron chi connectivity index (χ3n) is 4.50. The normalized spacial score (nSPS) is 13.1. The van der Waals surface area contributed by atoms with Gasteiger partial charge in [-0.1, -0.05) is 50.6 Å². The van der Waals surface area contributed by atoms with E-state index in [4.69, 9.17) is 9.47 Å². The monoisotopic (exact) mass is 369 g/mol. The Morgan fingerprint density at radius 3 is 2.11 bits per heavy atom. The zero-order valence-corrected chi connectivity index (χ0v) is 17.0. The van der Waals surface area contributed by atoms with Crippen LogP contribution in [0.4, 0.5) is 0 Å². The van der Waals surface area contributed by atoms with Gasteiger partial charge in [-0.25, -0.2) is 0 Å². The van der Waals surface area contributed by atoms with Gasteiger partial charge in [-0.05, 0) is 55.5 Å². The number of benzene rings is 2. The number of hydrogen-bond donors (Lipinski definition) is 1. The summed E-state index contributed by atoms with van der Waals surface area (Å²) in [5.74, 6) is 1.89. The number of carbonyl (C=O) groups excluding carboxylic acids is 1. The molecule has 2 aromatic rings. The van der Waals surface area contributed by atoms with Crippen molar-refractivity contribution in [2.24, 2.45) is 5.92 Å². The number of carbonyl (C=O) groups is 1. The van der Waals surface area contributed by atoms with Gasteiger partial charge in [0.1, 0.15) is 11.5 Å². The molecule has 0 fully saturated rings. The third kappa shape index (κ3) is 6.31. The zero-order valence-electron chi connectivity index (χ0n) is 17.0. The highest BCUT2D eigenvalue weighted by Crippen LogP contribution is 2.24. The Kier molecular flexibility index (Phi) is 7.71. The van der Waals surface area contributed by atoms with Crippen LogP contribution in [-0.4, -0.2) is 19.1 Å². The molecule has 4 nitrogen and oxygen atoms in total. The molecule has 0 aliphatic rings. The minimum Gasteiger partial charge on any atom is -0.497 e. The molecule has 0 aromatic heterocycles. The first-order chi connectivity index (χ1) is 12.9. The molecule has 0 aliphatic carbocycles. The molecule has 27 heavy (non-hydrogen) atoms. The zero-order chi connectivity index (χ0) is 19.8. The number of aryl methyl sites for hydroxylation is 1. The predicted octanol–water partition coefficient (Wildman–Crippen LogP) is 5.06. The van der Waals surface area contributed by atoms with Gasteiger partial charge in [0, 0.05) is 0 Å². The Labute approximate surface area is 162 Å². The molecule has 0 spiro atoms. The highest BCUT2D eigenvalue weighted by Gasteiger charge is 2.23. The van der Waals surface area contributed by atoms with Gasteiger partial charge in [0.05, 0.1) is 13.2 Å². The Morgan fingerprint density at radius 1 is 1.00 bits per heavy atom. The molecule has 4 heteroatoms. The van der Waals surface area contributed by atoms with Crippen molar-refractivity contribution < 1.29 is 14.3 Å². The summed E-state index contributed by atoms with van der Waals surface area (Å²) in [6.07, 6.45) is 0.955. The van der Waals surface area contributed by atoms with Crippen molar-refractivity contribution in [1.82, 2.24) is 5.32 Å². The van der Waals surface area contributed by atoms with Gasteiger partial charge in [0.15, 0.2) is 6.10 Å². The van der Waals surface area contributed by atoms with Crippen LogP contribution in [0.3, 0.4) is 0 Å². The molecule has 0 saturated heterocycles. The number of nitrogens with one attached hydrogen (secondary N) is 1. The molecule has 0 bridgehead atoms. The van der Waals surface area contributed by atoms with Gasteiger partial charge in [-0.3, -0.25) is 4.79 Å². The lowest BCUT2D eigenvalue weighted by Crippen LogP contribution is -2.40. The van der Waals surface area contributed by atoms with E-state index in [-0.39, 0.29) is 11.9 Å². The van der Waals surface area contributed by atoms with Crippen molar-refractivity contribution in [1.29, 1.82) is 0 Å². The fraction of sp³-hybridized carbons (Fsp3) is 0.435. The van der Waals surface area contributed by atoms with Crippen LogP contribution >= 0.6 is 0 Å². The van der Waals surface area contributed by atoms with Crippen LogP contribution in [0.5, 0.6) is 11.5 Å². The number of amides is 1. The second-order valence-corrected chi connectivity index (χ2v) is 7.29. The van der Waals surface area contributed by atoms with Gasteiger partial charge in [-0.15, -0.1) is 0 Å². The van der Waals surface area contributed by atoms with Crippen LogP contribution in [-0.2, 0) is 4.79 Å². The molecule has 2 rings (SSSR count). The number of rotatable bonds is 9. The summed E-state index contributed by atoms with van der Waals surface area (Å²) in [5, 5.41) is 3.18. The average molecular weight is 370 g/mol. The number of methoxy groups -OCH3 is 1. The number of ether oxygens (including phenoxy) is 2. The maximum atomic E-state index is 12.9. The SMILES string of the molecule is CCC(Oc1ccc(C)cc1)C(=O)NC(CC(C)C)c1ccc(OC)cc1. The van der Waals surface area contributed by atoms with E-state index >= 15 is 0 Å². The van der Waals surface area contributed by atoms with Crippen LogP contribution in [0.1, 0.15) is 50.8 Å². The fourth-order valence-electron chi connectivity index (χ4n) is 2.95. The first-order valence-corrected chi connectivity index (χ1v) is 9.60. The van der Waals surface area contributed by atoms with Crippen LogP contribution in [0.15, 0.2) is 48.5 Å². The van der Waals surface area contributed by atoms with Crippen LogP contribution in [0.2, 0.25) is 0 Å². The van der Waals surface area contributed by atoms with E-state index in [0.29, 0.717) is 18.1 Å². The van der Waals surface area contributed by atoms with Crippen LogP contribution in [0, 0.1) is 12.8 Å². The molecule has 1 amide bonds. The second-order valence-electron chi connectivity index (χ2n) is 7.29. The largest absolute Gasteiger partial charge is 0.497 e. The third-order valence-corrected chi connectivity index (χ3v) is 4.50. The summed E-state index contributed by atoms with van der Waals surface area (Å²) in [5.41, 5.74) is 2.24. The Morgan fingerprint density at radius 2 is 1.59 bits per heavy atom. The van der Waals surface area contributed by atoms with E-state index in [0.717, 1.165) is 23.3 Å². The van der Waals surface area contributed by atoms with Gasteiger partial charge < -0.3 is 14.8 Å². The van der Waals surface area contributed by atoms with Gasteiger partial charge in [-0.2, -0.15) is 0 Å². The molecule has 146 valence electrons. The molecule has 0 heterocycles. The Balaban J connectivity index is 2.10. The van der Waals surface area contributed by atoms with Crippen molar-refractivity contribution in [3.63, 3.8) is 0 Å². The molecule has 2 atom stereocenters. The van der Waals surface area contributed by atoms with Crippen molar-refractivity contribution >= 4 is 5.91 Å². The Hall–Kier alpha value is -2.49. The maximum absolute atomic E-state index is 12.9. The predicted molar refractivity (Wildman–Crippen MR) is 109 cm³/mol. The van der Waals surface area contributed by atoms with Crippen molar-refractivity contribution in [3.8, 4) is 11.5 Å². The van der Waals surface area contributed by atoms with Crippen molar-refractivity contribution in [3.05, 3.63) is 59.7 Å². The van der Waals surface area contributed by atoms with Gasteiger partial charge in [0.2, 0.25) is 0 Å². The molecule has 2 unspecified atom stereocenters. The molecule has 0 aliphatic heterocycles. The standard InChI is InChI=1S/C23H31NO3/c1-6-22(27-20-11-7-17(4)8-12-20)23(25)24-21(15-16(2)3)18-9-13-19(26-5)14-10-18/h7-14,16,21-22H,6,15H2,1-5H3,(H,24,25). The summed E-state index contributed by atoms with van der Waals surface area (Å²) in [6, 6.07) is 15.6. The fourth-order valence-corrected chi connectivity index (χ4v) is 2.95. The average Bonchev–Trinajstić information content (AvgIpc) is 2.66. The summed E-state index contributed by atoms with van der Waals surface area (Å²) in [7, 11) is 1.65. The van der Waals surface area contributed by atoms with Gasteiger partial charge in [0.25, 0.3) is 5.91 Å². The van der Waals surface area contributed by atoms with E-state index in [1.807, 2.05) is 62.4 Å². The quantitative estimate of drug-likeness (QED) is 0.672. The van der Waals surface area contributed by atoms with E-state index in [2.05, 4.69) is 19.2 Å². The minimum absolute atomic E-state index is 0.0564. The highest BCUT2D eigenvalue weighted by molar-refractivity contribution is 5.81. The lowest BCUT2D eigenvalue weighted by Gasteiger charge is -2.24. The second kappa shape index (κ2) is 10.0. The smallest absolute Gasteiger partial charge is 0.261 e. The molecule has 2 aromatic carbocycles. The summed E-state index contributed by atoms with van der Waals surface area (Å²) >= 11 is 0. The maximum Gasteiger partial charge on any atom is 0.261 e. The molecular formula is C23H31NO3. The summed E-state index contributed by atoms with van der Waals surface area (Å²) in [6.45, 7) is 8.30. The van der Waals surface area contributed by atoms with E-state index in [1.165, 1.54) is 0 Å².